The number of benzene rings is 1. The number of aromatic nitrogens is 2. The second-order valence-corrected chi connectivity index (χ2v) is 6.74. The van der Waals surface area contributed by atoms with E-state index in [9.17, 15) is 0 Å². The third-order valence-corrected chi connectivity index (χ3v) is 4.71. The van der Waals surface area contributed by atoms with Crippen molar-refractivity contribution in [3.63, 3.8) is 0 Å². The molecule has 1 aliphatic carbocycles. The minimum Gasteiger partial charge on any atom is -0.245 e. The first-order valence-corrected chi connectivity index (χ1v) is 8.85. The number of hydrogen-bond acceptors (Lipinski definition) is 4. The van der Waals surface area contributed by atoms with Crippen LogP contribution in [0.1, 0.15) is 67.5 Å². The van der Waals surface area contributed by atoms with Crippen LogP contribution in [0.25, 0.3) is 0 Å². The molecule has 0 amide bonds. The van der Waals surface area contributed by atoms with Crippen LogP contribution in [0.4, 0.5) is 5.95 Å². The van der Waals surface area contributed by atoms with Crippen molar-refractivity contribution in [2.75, 3.05) is 5.43 Å². The summed E-state index contributed by atoms with van der Waals surface area (Å²) in [6.07, 6.45) is 6.79. The van der Waals surface area contributed by atoms with E-state index in [0.29, 0.717) is 5.95 Å². The van der Waals surface area contributed by atoms with E-state index in [4.69, 9.17) is 0 Å². The van der Waals surface area contributed by atoms with Gasteiger partial charge in [0, 0.05) is 11.4 Å². The van der Waals surface area contributed by atoms with Crippen molar-refractivity contribution in [3.05, 3.63) is 52.8 Å². The van der Waals surface area contributed by atoms with Gasteiger partial charge in [-0.2, -0.15) is 5.10 Å². The van der Waals surface area contributed by atoms with Crippen LogP contribution in [-0.4, -0.2) is 15.7 Å². The highest BCUT2D eigenvalue weighted by atomic mass is 15.4. The zero-order chi connectivity index (χ0) is 16.9. The quantitative estimate of drug-likeness (QED) is 0.638. The van der Waals surface area contributed by atoms with Gasteiger partial charge in [-0.05, 0) is 56.7 Å². The lowest BCUT2D eigenvalue weighted by Gasteiger charge is -2.22. The van der Waals surface area contributed by atoms with Crippen molar-refractivity contribution in [3.8, 4) is 0 Å². The monoisotopic (exact) mass is 322 g/mol. The van der Waals surface area contributed by atoms with E-state index in [-0.39, 0.29) is 0 Å². The number of nitrogens with one attached hydrogen (secondary N) is 1. The van der Waals surface area contributed by atoms with Gasteiger partial charge in [-0.1, -0.05) is 43.5 Å². The second kappa shape index (κ2) is 7.56. The summed E-state index contributed by atoms with van der Waals surface area (Å²) in [5.74, 6) is 1.29. The summed E-state index contributed by atoms with van der Waals surface area (Å²) in [6, 6.07) is 10.8. The predicted molar refractivity (Wildman–Crippen MR) is 99.6 cm³/mol. The summed E-state index contributed by atoms with van der Waals surface area (Å²) in [6.45, 7) is 5.92. The van der Waals surface area contributed by atoms with Gasteiger partial charge in [0.1, 0.15) is 0 Å². The maximum atomic E-state index is 4.43. The molecule has 3 rings (SSSR count). The van der Waals surface area contributed by atoms with E-state index in [2.05, 4.69) is 44.8 Å². The highest BCUT2D eigenvalue weighted by Crippen LogP contribution is 2.32. The highest BCUT2D eigenvalue weighted by molar-refractivity contribution is 5.99. The Morgan fingerprint density at radius 2 is 1.62 bits per heavy atom. The maximum absolute atomic E-state index is 4.43. The average Bonchev–Trinajstić information content (AvgIpc) is 2.60. The molecule has 24 heavy (non-hydrogen) atoms. The fourth-order valence-corrected chi connectivity index (χ4v) is 3.41. The molecule has 0 unspecified atom stereocenters. The predicted octanol–water partition coefficient (Wildman–Crippen LogP) is 4.98. The lowest BCUT2D eigenvalue weighted by atomic mass is 9.84. The number of hydrogen-bond donors (Lipinski definition) is 1. The van der Waals surface area contributed by atoms with Crippen LogP contribution < -0.4 is 5.43 Å². The van der Waals surface area contributed by atoms with E-state index in [1.807, 2.05) is 26.8 Å². The zero-order valence-electron chi connectivity index (χ0n) is 14.8. The number of aryl methyl sites for hydroxylation is 2. The first-order chi connectivity index (χ1) is 11.6. The molecule has 1 heterocycles. The molecule has 0 bridgehead atoms. The molecule has 2 aromatic rings. The van der Waals surface area contributed by atoms with Gasteiger partial charge >= 0.3 is 0 Å². The summed E-state index contributed by atoms with van der Waals surface area (Å²) in [5, 5.41) is 4.43. The Morgan fingerprint density at radius 3 is 2.25 bits per heavy atom. The maximum Gasteiger partial charge on any atom is 0.243 e. The van der Waals surface area contributed by atoms with Crippen LogP contribution in [0.15, 0.2) is 35.4 Å². The van der Waals surface area contributed by atoms with E-state index < -0.39 is 0 Å². The number of anilines is 1. The minimum atomic E-state index is 0.547. The minimum absolute atomic E-state index is 0.547. The van der Waals surface area contributed by atoms with Crippen molar-refractivity contribution in [2.45, 2.75) is 58.8 Å². The Labute approximate surface area is 144 Å². The topological polar surface area (TPSA) is 50.2 Å². The van der Waals surface area contributed by atoms with Crippen molar-refractivity contribution in [1.29, 1.82) is 0 Å². The van der Waals surface area contributed by atoms with Crippen LogP contribution >= 0.6 is 0 Å². The molecular weight excluding hydrogens is 296 g/mol. The van der Waals surface area contributed by atoms with Crippen molar-refractivity contribution >= 4 is 11.7 Å². The summed E-state index contributed by atoms with van der Waals surface area (Å²) in [4.78, 5) is 8.69. The van der Waals surface area contributed by atoms with E-state index in [1.54, 1.807) is 0 Å². The van der Waals surface area contributed by atoms with Gasteiger partial charge in [0.05, 0.1) is 5.71 Å². The summed E-state index contributed by atoms with van der Waals surface area (Å²) in [5.41, 5.74) is 8.39. The molecule has 0 atom stereocenters. The van der Waals surface area contributed by atoms with Crippen LogP contribution in [0, 0.1) is 13.8 Å². The first-order valence-electron chi connectivity index (χ1n) is 8.85. The molecule has 1 aromatic carbocycles. The molecule has 0 aliphatic heterocycles. The zero-order valence-corrected chi connectivity index (χ0v) is 14.8. The molecular formula is C20H26N4. The molecule has 0 spiro atoms. The van der Waals surface area contributed by atoms with E-state index in [1.165, 1.54) is 37.7 Å². The molecule has 4 nitrogen and oxygen atoms in total. The molecule has 1 aromatic heterocycles. The van der Waals surface area contributed by atoms with Gasteiger partial charge in [0.2, 0.25) is 5.95 Å². The molecule has 0 saturated heterocycles. The molecule has 1 saturated carbocycles. The number of rotatable bonds is 4. The van der Waals surface area contributed by atoms with Gasteiger partial charge in [-0.25, -0.2) is 15.4 Å². The van der Waals surface area contributed by atoms with Gasteiger partial charge in [-0.3, -0.25) is 0 Å². The van der Waals surface area contributed by atoms with Crippen molar-refractivity contribution < 1.29 is 0 Å². The van der Waals surface area contributed by atoms with Crippen LogP contribution in [0.5, 0.6) is 0 Å². The number of hydrazone groups is 1. The van der Waals surface area contributed by atoms with Gasteiger partial charge in [-0.15, -0.1) is 0 Å². The fourth-order valence-electron chi connectivity index (χ4n) is 3.41. The molecule has 1 aliphatic rings. The smallest absolute Gasteiger partial charge is 0.243 e. The molecule has 1 N–H and O–H groups in total. The average molecular weight is 322 g/mol. The Balaban J connectivity index is 1.68. The lowest BCUT2D eigenvalue weighted by molar-refractivity contribution is 0.443. The largest absolute Gasteiger partial charge is 0.245 e. The summed E-state index contributed by atoms with van der Waals surface area (Å²) < 4.78 is 0. The first kappa shape index (κ1) is 16.6. The van der Waals surface area contributed by atoms with Crippen molar-refractivity contribution in [2.24, 2.45) is 5.10 Å². The third kappa shape index (κ3) is 4.19. The summed E-state index contributed by atoms with van der Waals surface area (Å²) >= 11 is 0. The van der Waals surface area contributed by atoms with Crippen LogP contribution in [0.2, 0.25) is 0 Å². The molecule has 0 radical (unpaired) electrons. The van der Waals surface area contributed by atoms with Gasteiger partial charge in [0.15, 0.2) is 0 Å². The third-order valence-electron chi connectivity index (χ3n) is 4.71. The summed E-state index contributed by atoms with van der Waals surface area (Å²) in [7, 11) is 0. The Morgan fingerprint density at radius 1 is 1.00 bits per heavy atom. The second-order valence-electron chi connectivity index (χ2n) is 6.74. The van der Waals surface area contributed by atoms with E-state index in [0.717, 1.165) is 28.6 Å². The van der Waals surface area contributed by atoms with Gasteiger partial charge in [0.25, 0.3) is 0 Å². The molecule has 4 heteroatoms. The Hall–Kier alpha value is -2.23. The van der Waals surface area contributed by atoms with Gasteiger partial charge < -0.3 is 0 Å². The lowest BCUT2D eigenvalue weighted by Crippen LogP contribution is -2.06. The molecule has 1 fully saturated rings. The van der Waals surface area contributed by atoms with Crippen molar-refractivity contribution in [1.82, 2.24) is 9.97 Å². The number of nitrogens with zero attached hydrogens (tertiary/aromatic N) is 3. The normalized spacial score (nSPS) is 16.2. The highest BCUT2D eigenvalue weighted by Gasteiger charge is 2.15. The van der Waals surface area contributed by atoms with Crippen LogP contribution in [0.3, 0.4) is 0 Å². The standard InChI is InChI=1S/C20H26N4/c1-14-13-15(2)22-20(21-14)24-23-16(3)17-9-11-19(12-10-17)18-7-5-4-6-8-18/h9-13,18H,4-8H2,1-3H3,(H,21,22,24). The SMILES string of the molecule is CC(=NNc1nc(C)cc(C)n1)c1ccc(C2CCCCC2)cc1. The van der Waals surface area contributed by atoms with E-state index >= 15 is 0 Å². The Bertz CT molecular complexity index is 693. The fraction of sp³-hybridized carbons (Fsp3) is 0.450. The molecule has 126 valence electrons. The Kier molecular flexibility index (Phi) is 5.24. The van der Waals surface area contributed by atoms with Crippen LogP contribution in [-0.2, 0) is 0 Å².